The van der Waals surface area contributed by atoms with E-state index in [1.165, 1.54) is 32.1 Å². The third-order valence-corrected chi connectivity index (χ3v) is 3.76. The van der Waals surface area contributed by atoms with Crippen LogP contribution in [0.1, 0.15) is 65.2 Å². The van der Waals surface area contributed by atoms with Gasteiger partial charge in [0.2, 0.25) is 0 Å². The third kappa shape index (κ3) is 14.1. The van der Waals surface area contributed by atoms with Crippen LogP contribution in [0.4, 0.5) is 0 Å². The molecular formula is C14H28O6S. The molecule has 0 heterocycles. The molecule has 0 saturated carbocycles. The number of ether oxygens (including phenoxy) is 1. The lowest BCUT2D eigenvalue weighted by atomic mass is 9.99. The van der Waals surface area contributed by atoms with Gasteiger partial charge in [-0.1, -0.05) is 58.8 Å². The molecule has 0 radical (unpaired) electrons. The predicted octanol–water partition coefficient (Wildman–Crippen LogP) is 3.13. The molecule has 0 aromatic carbocycles. The summed E-state index contributed by atoms with van der Waals surface area (Å²) in [5.41, 5.74) is 0. The minimum absolute atomic E-state index is 0.263. The summed E-state index contributed by atoms with van der Waals surface area (Å²) in [6, 6.07) is 0. The summed E-state index contributed by atoms with van der Waals surface area (Å²) in [7, 11) is -4.59. The molecule has 0 amide bonds. The van der Waals surface area contributed by atoms with E-state index in [4.69, 9.17) is 9.29 Å². The van der Waals surface area contributed by atoms with Gasteiger partial charge in [-0.15, -0.1) is 0 Å². The SMILES string of the molecule is CCCCCCCCC(CC)COC(=O)COS(=O)(=O)O. The van der Waals surface area contributed by atoms with Crippen molar-refractivity contribution < 1.29 is 26.7 Å². The summed E-state index contributed by atoms with van der Waals surface area (Å²) in [5, 5.41) is 0. The van der Waals surface area contributed by atoms with Gasteiger partial charge in [0.1, 0.15) is 0 Å². The van der Waals surface area contributed by atoms with Crippen LogP contribution < -0.4 is 0 Å². The van der Waals surface area contributed by atoms with Crippen molar-refractivity contribution in [2.45, 2.75) is 65.2 Å². The molecular weight excluding hydrogens is 296 g/mol. The molecule has 0 aromatic heterocycles. The van der Waals surface area contributed by atoms with Crippen LogP contribution in [0.5, 0.6) is 0 Å². The number of hydrogen-bond acceptors (Lipinski definition) is 5. The Labute approximate surface area is 128 Å². The van der Waals surface area contributed by atoms with Crippen molar-refractivity contribution >= 4 is 16.4 Å². The van der Waals surface area contributed by atoms with Crippen LogP contribution in [0.25, 0.3) is 0 Å². The van der Waals surface area contributed by atoms with Gasteiger partial charge < -0.3 is 4.74 Å². The van der Waals surface area contributed by atoms with Gasteiger partial charge in [0.05, 0.1) is 6.61 Å². The first-order valence-electron chi connectivity index (χ1n) is 7.66. The smallest absolute Gasteiger partial charge is 0.397 e. The Morgan fingerprint density at radius 2 is 1.71 bits per heavy atom. The predicted molar refractivity (Wildman–Crippen MR) is 80.2 cm³/mol. The number of hydrogen-bond donors (Lipinski definition) is 1. The van der Waals surface area contributed by atoms with E-state index in [0.717, 1.165) is 19.3 Å². The van der Waals surface area contributed by atoms with Crippen molar-refractivity contribution in [2.75, 3.05) is 13.2 Å². The molecule has 0 aliphatic rings. The normalized spacial score (nSPS) is 13.1. The Hall–Kier alpha value is -0.660. The van der Waals surface area contributed by atoms with Gasteiger partial charge in [0, 0.05) is 0 Å². The van der Waals surface area contributed by atoms with Gasteiger partial charge >= 0.3 is 16.4 Å². The summed E-state index contributed by atoms with van der Waals surface area (Å²) in [5.74, 6) is -0.500. The van der Waals surface area contributed by atoms with Crippen LogP contribution in [-0.2, 0) is 24.1 Å². The molecule has 0 saturated heterocycles. The minimum Gasteiger partial charge on any atom is -0.464 e. The monoisotopic (exact) mass is 324 g/mol. The molecule has 126 valence electrons. The van der Waals surface area contributed by atoms with E-state index in [-0.39, 0.29) is 12.5 Å². The van der Waals surface area contributed by atoms with E-state index in [2.05, 4.69) is 11.1 Å². The Balaban J connectivity index is 3.71. The van der Waals surface area contributed by atoms with Crippen LogP contribution in [0.2, 0.25) is 0 Å². The standard InChI is InChI=1S/C14H28O6S/c1-3-5-6-7-8-9-10-13(4-2)11-19-14(15)12-20-21(16,17)18/h13H,3-12H2,1-2H3,(H,16,17,18). The molecule has 0 aromatic rings. The lowest BCUT2D eigenvalue weighted by Crippen LogP contribution is -2.19. The summed E-state index contributed by atoms with van der Waals surface area (Å²) in [6.45, 7) is 3.70. The Kier molecular flexibility index (Phi) is 11.6. The molecule has 0 rings (SSSR count). The van der Waals surface area contributed by atoms with Crippen LogP contribution in [0, 0.1) is 5.92 Å². The summed E-state index contributed by atoms with van der Waals surface area (Å²) in [4.78, 5) is 11.2. The zero-order valence-electron chi connectivity index (χ0n) is 13.0. The average Bonchev–Trinajstić information content (AvgIpc) is 2.42. The van der Waals surface area contributed by atoms with E-state index < -0.39 is 23.0 Å². The number of esters is 1. The highest BCUT2D eigenvalue weighted by molar-refractivity contribution is 7.80. The van der Waals surface area contributed by atoms with Gasteiger partial charge in [0.25, 0.3) is 0 Å². The zero-order chi connectivity index (χ0) is 16.1. The lowest BCUT2D eigenvalue weighted by Gasteiger charge is -2.14. The molecule has 21 heavy (non-hydrogen) atoms. The molecule has 1 N–H and O–H groups in total. The second-order valence-electron chi connectivity index (χ2n) is 5.20. The van der Waals surface area contributed by atoms with Crippen molar-refractivity contribution in [1.29, 1.82) is 0 Å². The third-order valence-electron chi connectivity index (χ3n) is 3.35. The van der Waals surface area contributed by atoms with Crippen molar-refractivity contribution in [3.8, 4) is 0 Å². The fourth-order valence-corrected chi connectivity index (χ4v) is 2.24. The van der Waals surface area contributed by atoms with Gasteiger partial charge in [0.15, 0.2) is 6.61 Å². The van der Waals surface area contributed by atoms with Gasteiger partial charge in [-0.2, -0.15) is 8.42 Å². The van der Waals surface area contributed by atoms with Crippen LogP contribution in [-0.4, -0.2) is 32.2 Å². The molecule has 1 unspecified atom stereocenters. The molecule has 6 nitrogen and oxygen atoms in total. The molecule has 0 bridgehead atoms. The maximum Gasteiger partial charge on any atom is 0.397 e. The van der Waals surface area contributed by atoms with Crippen LogP contribution >= 0.6 is 0 Å². The van der Waals surface area contributed by atoms with E-state index >= 15 is 0 Å². The molecule has 0 aliphatic heterocycles. The molecule has 7 heteroatoms. The number of unbranched alkanes of at least 4 members (excludes halogenated alkanes) is 5. The molecule has 0 spiro atoms. The van der Waals surface area contributed by atoms with Crippen molar-refractivity contribution in [2.24, 2.45) is 5.92 Å². The van der Waals surface area contributed by atoms with Crippen LogP contribution in [0.15, 0.2) is 0 Å². The Morgan fingerprint density at radius 1 is 1.10 bits per heavy atom. The van der Waals surface area contributed by atoms with Gasteiger partial charge in [-0.25, -0.2) is 8.98 Å². The van der Waals surface area contributed by atoms with E-state index in [0.29, 0.717) is 0 Å². The highest BCUT2D eigenvalue weighted by Gasteiger charge is 2.13. The number of rotatable bonds is 13. The number of carbonyl (C=O) groups excluding carboxylic acids is 1. The first-order chi connectivity index (χ1) is 9.89. The minimum atomic E-state index is -4.59. The second kappa shape index (κ2) is 11.9. The zero-order valence-corrected chi connectivity index (χ0v) is 13.9. The first kappa shape index (κ1) is 20.3. The number of carbonyl (C=O) groups is 1. The average molecular weight is 324 g/mol. The molecule has 0 aliphatic carbocycles. The first-order valence-corrected chi connectivity index (χ1v) is 9.03. The van der Waals surface area contributed by atoms with Crippen LogP contribution in [0.3, 0.4) is 0 Å². The highest BCUT2D eigenvalue weighted by atomic mass is 32.3. The maximum absolute atomic E-state index is 11.2. The van der Waals surface area contributed by atoms with E-state index in [1.54, 1.807) is 0 Å². The summed E-state index contributed by atoms with van der Waals surface area (Å²) in [6.07, 6.45) is 9.23. The maximum atomic E-state index is 11.2. The largest absolute Gasteiger partial charge is 0.464 e. The fraction of sp³-hybridized carbons (Fsp3) is 0.929. The summed E-state index contributed by atoms with van der Waals surface area (Å²) >= 11 is 0. The van der Waals surface area contributed by atoms with E-state index in [1.807, 2.05) is 6.92 Å². The quantitative estimate of drug-likeness (QED) is 0.318. The molecule has 0 fully saturated rings. The van der Waals surface area contributed by atoms with Crippen molar-refractivity contribution in [1.82, 2.24) is 0 Å². The van der Waals surface area contributed by atoms with Gasteiger partial charge in [-0.05, 0) is 12.3 Å². The summed E-state index contributed by atoms with van der Waals surface area (Å²) < 4.78 is 37.8. The highest BCUT2D eigenvalue weighted by Crippen LogP contribution is 2.15. The van der Waals surface area contributed by atoms with Gasteiger partial charge in [-0.3, -0.25) is 4.55 Å². The second-order valence-corrected chi connectivity index (χ2v) is 6.29. The lowest BCUT2D eigenvalue weighted by molar-refractivity contribution is -0.147. The van der Waals surface area contributed by atoms with Crippen molar-refractivity contribution in [3.63, 3.8) is 0 Å². The van der Waals surface area contributed by atoms with Crippen molar-refractivity contribution in [3.05, 3.63) is 0 Å². The molecule has 1 atom stereocenters. The fourth-order valence-electron chi connectivity index (χ4n) is 1.99. The Bertz CT molecular complexity index is 366. The topological polar surface area (TPSA) is 89.9 Å². The Morgan fingerprint density at radius 3 is 2.29 bits per heavy atom. The van der Waals surface area contributed by atoms with E-state index in [9.17, 15) is 13.2 Å².